The molecule has 132 valence electrons. The summed E-state index contributed by atoms with van der Waals surface area (Å²) in [5.74, 6) is -1.08. The molecule has 8 heteroatoms. The highest BCUT2D eigenvalue weighted by molar-refractivity contribution is 6.33. The molecule has 6 nitrogen and oxygen atoms in total. The molecule has 0 radical (unpaired) electrons. The van der Waals surface area contributed by atoms with Gasteiger partial charge in [0.1, 0.15) is 17.9 Å². The summed E-state index contributed by atoms with van der Waals surface area (Å²) in [6.45, 7) is 0.310. The number of imide groups is 2. The van der Waals surface area contributed by atoms with Crippen LogP contribution in [0.4, 0.5) is 4.79 Å². The van der Waals surface area contributed by atoms with Crippen LogP contribution in [0.3, 0.4) is 0 Å². The van der Waals surface area contributed by atoms with Crippen molar-refractivity contribution in [3.8, 4) is 5.75 Å². The minimum atomic E-state index is -0.846. The molecule has 26 heavy (non-hydrogen) atoms. The SMILES string of the molecule is O=C1NC(=O)C(=Cc2ccc(OCc3ccc(Cl)cc3)c(Cl)c2)C(=O)N1. The lowest BCUT2D eigenvalue weighted by molar-refractivity contribution is -0.123. The maximum Gasteiger partial charge on any atom is 0.328 e. The minimum Gasteiger partial charge on any atom is -0.487 e. The van der Waals surface area contributed by atoms with E-state index >= 15 is 0 Å². The number of urea groups is 1. The zero-order valence-corrected chi connectivity index (χ0v) is 14.7. The number of halogens is 2. The van der Waals surface area contributed by atoms with Gasteiger partial charge in [-0.1, -0.05) is 41.4 Å². The Hall–Kier alpha value is -2.83. The molecule has 0 unspecified atom stereocenters. The molecule has 0 saturated carbocycles. The van der Waals surface area contributed by atoms with Crippen LogP contribution in [0.2, 0.25) is 10.0 Å². The van der Waals surface area contributed by atoms with Gasteiger partial charge < -0.3 is 4.74 Å². The molecule has 2 aromatic rings. The number of carbonyl (C=O) groups is 3. The number of carbonyl (C=O) groups excluding carboxylic acids is 3. The molecule has 1 fully saturated rings. The lowest BCUT2D eigenvalue weighted by atomic mass is 10.1. The number of barbiturate groups is 1. The van der Waals surface area contributed by atoms with Gasteiger partial charge in [-0.3, -0.25) is 20.2 Å². The Morgan fingerprint density at radius 3 is 2.19 bits per heavy atom. The third kappa shape index (κ3) is 4.22. The van der Waals surface area contributed by atoms with Crippen LogP contribution in [-0.4, -0.2) is 17.8 Å². The molecule has 0 aromatic heterocycles. The van der Waals surface area contributed by atoms with Crippen molar-refractivity contribution < 1.29 is 19.1 Å². The zero-order chi connectivity index (χ0) is 18.7. The second-order valence-corrected chi connectivity index (χ2v) is 6.24. The van der Waals surface area contributed by atoms with Crippen molar-refractivity contribution in [1.82, 2.24) is 10.6 Å². The van der Waals surface area contributed by atoms with Crippen molar-refractivity contribution in [2.24, 2.45) is 0 Å². The average molecular weight is 391 g/mol. The molecule has 3 rings (SSSR count). The molecule has 0 aliphatic carbocycles. The fourth-order valence-electron chi connectivity index (χ4n) is 2.24. The van der Waals surface area contributed by atoms with Crippen LogP contribution >= 0.6 is 23.2 Å². The summed E-state index contributed by atoms with van der Waals surface area (Å²) in [7, 11) is 0. The van der Waals surface area contributed by atoms with E-state index in [4.69, 9.17) is 27.9 Å². The Bertz CT molecular complexity index is 901. The van der Waals surface area contributed by atoms with Gasteiger partial charge >= 0.3 is 6.03 Å². The summed E-state index contributed by atoms with van der Waals surface area (Å²) >= 11 is 12.0. The first-order chi connectivity index (χ1) is 12.4. The monoisotopic (exact) mass is 390 g/mol. The summed E-state index contributed by atoms with van der Waals surface area (Å²) in [5.41, 5.74) is 1.26. The Morgan fingerprint density at radius 2 is 1.58 bits per heavy atom. The van der Waals surface area contributed by atoms with E-state index in [-0.39, 0.29) is 5.57 Å². The van der Waals surface area contributed by atoms with E-state index in [1.54, 1.807) is 30.3 Å². The smallest absolute Gasteiger partial charge is 0.328 e. The predicted molar refractivity (Wildman–Crippen MR) is 96.9 cm³/mol. The molecule has 1 heterocycles. The second kappa shape index (κ2) is 7.59. The van der Waals surface area contributed by atoms with E-state index in [0.29, 0.717) is 28.0 Å². The number of benzene rings is 2. The van der Waals surface area contributed by atoms with Gasteiger partial charge in [0.15, 0.2) is 0 Å². The molecule has 2 aromatic carbocycles. The Balaban J connectivity index is 1.74. The van der Waals surface area contributed by atoms with Crippen LogP contribution in [0, 0.1) is 0 Å². The van der Waals surface area contributed by atoms with Gasteiger partial charge in [0.25, 0.3) is 11.8 Å². The lowest BCUT2D eigenvalue weighted by Gasteiger charge is -2.14. The molecule has 2 N–H and O–H groups in total. The molecular weight excluding hydrogens is 379 g/mol. The number of amides is 4. The quantitative estimate of drug-likeness (QED) is 0.619. The maximum absolute atomic E-state index is 11.7. The lowest BCUT2D eigenvalue weighted by Crippen LogP contribution is -2.51. The first-order valence-corrected chi connectivity index (χ1v) is 8.23. The molecule has 0 bridgehead atoms. The Kier molecular flexibility index (Phi) is 5.25. The van der Waals surface area contributed by atoms with Crippen molar-refractivity contribution in [1.29, 1.82) is 0 Å². The van der Waals surface area contributed by atoms with Crippen LogP contribution in [-0.2, 0) is 16.2 Å². The van der Waals surface area contributed by atoms with Crippen LogP contribution in [0.25, 0.3) is 6.08 Å². The highest BCUT2D eigenvalue weighted by atomic mass is 35.5. The molecule has 0 atom stereocenters. The Morgan fingerprint density at radius 1 is 0.923 bits per heavy atom. The number of ether oxygens (including phenoxy) is 1. The van der Waals surface area contributed by atoms with E-state index in [1.807, 2.05) is 22.8 Å². The second-order valence-electron chi connectivity index (χ2n) is 5.40. The summed E-state index contributed by atoms with van der Waals surface area (Å²) in [6.07, 6.45) is 1.34. The largest absolute Gasteiger partial charge is 0.487 e. The summed E-state index contributed by atoms with van der Waals surface area (Å²) in [6, 6.07) is 11.2. The normalized spacial score (nSPS) is 13.9. The fourth-order valence-corrected chi connectivity index (χ4v) is 2.61. The summed E-state index contributed by atoms with van der Waals surface area (Å²) in [4.78, 5) is 34.5. The molecule has 4 amide bonds. The highest BCUT2D eigenvalue weighted by Crippen LogP contribution is 2.27. The van der Waals surface area contributed by atoms with Gasteiger partial charge in [0.05, 0.1) is 5.02 Å². The van der Waals surface area contributed by atoms with Gasteiger partial charge in [-0.2, -0.15) is 0 Å². The number of hydrogen-bond acceptors (Lipinski definition) is 4. The Labute approximate surface area is 158 Å². The van der Waals surface area contributed by atoms with Crippen molar-refractivity contribution in [3.63, 3.8) is 0 Å². The van der Waals surface area contributed by atoms with Crippen molar-refractivity contribution in [2.75, 3.05) is 0 Å². The van der Waals surface area contributed by atoms with Crippen LogP contribution < -0.4 is 15.4 Å². The highest BCUT2D eigenvalue weighted by Gasteiger charge is 2.27. The van der Waals surface area contributed by atoms with E-state index in [0.717, 1.165) is 5.56 Å². The van der Waals surface area contributed by atoms with Gasteiger partial charge in [-0.05, 0) is 41.5 Å². The molecule has 1 aliphatic rings. The topological polar surface area (TPSA) is 84.5 Å². The molecule has 1 saturated heterocycles. The van der Waals surface area contributed by atoms with Crippen molar-refractivity contribution >= 4 is 47.1 Å². The standard InChI is InChI=1S/C18H12Cl2N2O4/c19-12-4-1-10(2-5-12)9-26-15-6-3-11(8-14(15)20)7-13-16(23)21-18(25)22-17(13)24/h1-8H,9H2,(H2,21,22,23,24,25). The van der Waals surface area contributed by atoms with Crippen molar-refractivity contribution in [3.05, 3.63) is 69.2 Å². The number of nitrogens with one attached hydrogen (secondary N) is 2. The van der Waals surface area contributed by atoms with Gasteiger partial charge in [0.2, 0.25) is 0 Å². The van der Waals surface area contributed by atoms with E-state index in [1.165, 1.54) is 6.08 Å². The third-order valence-electron chi connectivity index (χ3n) is 3.52. The molecule has 1 aliphatic heterocycles. The van der Waals surface area contributed by atoms with Crippen LogP contribution in [0.15, 0.2) is 48.0 Å². The van der Waals surface area contributed by atoms with Crippen LogP contribution in [0.1, 0.15) is 11.1 Å². The number of rotatable bonds is 4. The minimum absolute atomic E-state index is 0.185. The molecule has 0 spiro atoms. The van der Waals surface area contributed by atoms with E-state index in [2.05, 4.69) is 0 Å². The predicted octanol–water partition coefficient (Wildman–Crippen LogP) is 3.32. The van der Waals surface area contributed by atoms with Crippen LogP contribution in [0.5, 0.6) is 5.75 Å². The third-order valence-corrected chi connectivity index (χ3v) is 4.07. The zero-order valence-electron chi connectivity index (χ0n) is 13.2. The fraction of sp³-hybridized carbons (Fsp3) is 0.0556. The summed E-state index contributed by atoms with van der Waals surface area (Å²) in [5, 5.41) is 4.97. The molecular formula is C18H12Cl2N2O4. The summed E-state index contributed by atoms with van der Waals surface area (Å²) < 4.78 is 5.67. The first kappa shape index (κ1) is 18.0. The number of hydrogen-bond donors (Lipinski definition) is 2. The van der Waals surface area contributed by atoms with Gasteiger partial charge in [-0.25, -0.2) is 4.79 Å². The average Bonchev–Trinajstić information content (AvgIpc) is 2.59. The van der Waals surface area contributed by atoms with E-state index < -0.39 is 17.8 Å². The maximum atomic E-state index is 11.7. The van der Waals surface area contributed by atoms with Gasteiger partial charge in [0, 0.05) is 5.02 Å². The van der Waals surface area contributed by atoms with Crippen molar-refractivity contribution in [2.45, 2.75) is 6.61 Å². The van der Waals surface area contributed by atoms with Gasteiger partial charge in [-0.15, -0.1) is 0 Å². The first-order valence-electron chi connectivity index (χ1n) is 7.47. The van der Waals surface area contributed by atoms with E-state index in [9.17, 15) is 14.4 Å².